The first-order chi connectivity index (χ1) is 12.2. The van der Waals surface area contributed by atoms with Crippen LogP contribution in [0.2, 0.25) is 0 Å². The number of benzene rings is 1. The fraction of sp³-hybridized carbons (Fsp3) is 0.650. The van der Waals surface area contributed by atoms with Gasteiger partial charge in [-0.1, -0.05) is 12.1 Å². The average molecular weight is 346 g/mol. The number of hydrogen-bond donors (Lipinski definition) is 1. The third-order valence-corrected chi connectivity index (χ3v) is 5.24. The fourth-order valence-corrected chi connectivity index (χ4v) is 3.73. The normalized spacial score (nSPS) is 22.9. The molecule has 2 unspecified atom stereocenters. The van der Waals surface area contributed by atoms with E-state index in [-0.39, 0.29) is 12.0 Å². The van der Waals surface area contributed by atoms with E-state index in [4.69, 9.17) is 9.47 Å². The quantitative estimate of drug-likeness (QED) is 0.786. The van der Waals surface area contributed by atoms with Crippen molar-refractivity contribution in [1.82, 2.24) is 10.2 Å². The number of methoxy groups -OCH3 is 1. The molecule has 25 heavy (non-hydrogen) atoms. The summed E-state index contributed by atoms with van der Waals surface area (Å²) >= 11 is 0. The lowest BCUT2D eigenvalue weighted by molar-refractivity contribution is -0.133. The molecule has 5 nitrogen and oxygen atoms in total. The van der Waals surface area contributed by atoms with E-state index in [1.165, 1.54) is 6.42 Å². The maximum Gasteiger partial charge on any atom is 0.222 e. The molecule has 2 fully saturated rings. The number of carbonyl (C=O) groups excluding carboxylic acids is 1. The topological polar surface area (TPSA) is 50.8 Å². The van der Waals surface area contributed by atoms with E-state index in [0.717, 1.165) is 50.3 Å². The molecule has 0 bridgehead atoms. The van der Waals surface area contributed by atoms with E-state index in [0.29, 0.717) is 25.4 Å². The van der Waals surface area contributed by atoms with Crippen LogP contribution in [0.15, 0.2) is 24.3 Å². The van der Waals surface area contributed by atoms with E-state index in [2.05, 4.69) is 11.4 Å². The molecule has 1 aromatic carbocycles. The first-order valence-corrected chi connectivity index (χ1v) is 9.47. The molecular weight excluding hydrogens is 316 g/mol. The highest BCUT2D eigenvalue weighted by Crippen LogP contribution is 2.20. The molecule has 2 saturated heterocycles. The maximum atomic E-state index is 12.9. The molecule has 2 aliphatic heterocycles. The largest absolute Gasteiger partial charge is 0.497 e. The van der Waals surface area contributed by atoms with Crippen molar-refractivity contribution in [1.29, 1.82) is 0 Å². The van der Waals surface area contributed by atoms with Gasteiger partial charge in [-0.3, -0.25) is 4.79 Å². The Morgan fingerprint density at radius 1 is 1.40 bits per heavy atom. The maximum absolute atomic E-state index is 12.9. The Hall–Kier alpha value is -1.59. The summed E-state index contributed by atoms with van der Waals surface area (Å²) in [5, 5.41) is 3.38. The van der Waals surface area contributed by atoms with Gasteiger partial charge in [0.25, 0.3) is 0 Å². The van der Waals surface area contributed by atoms with Crippen molar-refractivity contribution < 1.29 is 14.3 Å². The lowest BCUT2D eigenvalue weighted by Gasteiger charge is -2.26. The van der Waals surface area contributed by atoms with E-state index < -0.39 is 0 Å². The van der Waals surface area contributed by atoms with Gasteiger partial charge in [-0.05, 0) is 62.4 Å². The molecular formula is C20H30N2O3. The second kappa shape index (κ2) is 9.20. The van der Waals surface area contributed by atoms with Crippen molar-refractivity contribution in [2.24, 2.45) is 5.92 Å². The third-order valence-electron chi connectivity index (χ3n) is 5.24. The number of hydrogen-bond acceptors (Lipinski definition) is 4. The van der Waals surface area contributed by atoms with Gasteiger partial charge in [-0.2, -0.15) is 0 Å². The molecule has 1 N–H and O–H groups in total. The number of carbonyl (C=O) groups is 1. The standard InChI is InChI=1S/C20H30N2O3/c1-24-18-5-2-4-17(12-18)14-22(15-19-6-3-11-25-19)20(23)8-7-16-9-10-21-13-16/h2,4-5,12,16,19,21H,3,6-11,13-15H2,1H3. The molecule has 138 valence electrons. The Labute approximate surface area is 150 Å². The van der Waals surface area contributed by atoms with E-state index in [9.17, 15) is 4.79 Å². The van der Waals surface area contributed by atoms with Gasteiger partial charge in [-0.15, -0.1) is 0 Å². The van der Waals surface area contributed by atoms with Crippen LogP contribution < -0.4 is 10.1 Å². The predicted octanol–water partition coefficient (Wildman–Crippen LogP) is 2.59. The Morgan fingerprint density at radius 3 is 3.04 bits per heavy atom. The summed E-state index contributed by atoms with van der Waals surface area (Å²) < 4.78 is 11.1. The number of amides is 1. The zero-order valence-electron chi connectivity index (χ0n) is 15.2. The smallest absolute Gasteiger partial charge is 0.222 e. The molecule has 3 rings (SSSR count). The van der Waals surface area contributed by atoms with Crippen molar-refractivity contribution in [3.05, 3.63) is 29.8 Å². The average Bonchev–Trinajstić information content (AvgIpc) is 3.33. The van der Waals surface area contributed by atoms with Gasteiger partial charge in [0.15, 0.2) is 0 Å². The van der Waals surface area contributed by atoms with Crippen LogP contribution in [0.3, 0.4) is 0 Å². The Kier molecular flexibility index (Phi) is 6.70. The molecule has 0 saturated carbocycles. The SMILES string of the molecule is COc1cccc(CN(CC2CCCO2)C(=O)CCC2CCNC2)c1. The minimum atomic E-state index is 0.183. The molecule has 1 aromatic rings. The van der Waals surface area contributed by atoms with Crippen molar-refractivity contribution in [3.8, 4) is 5.75 Å². The minimum absolute atomic E-state index is 0.183. The molecule has 2 aliphatic rings. The summed E-state index contributed by atoms with van der Waals surface area (Å²) in [5.74, 6) is 1.72. The number of nitrogens with one attached hydrogen (secondary N) is 1. The Morgan fingerprint density at radius 2 is 2.32 bits per heavy atom. The molecule has 1 amide bonds. The molecule has 0 aliphatic carbocycles. The van der Waals surface area contributed by atoms with Gasteiger partial charge in [0.1, 0.15) is 5.75 Å². The summed E-state index contributed by atoms with van der Waals surface area (Å²) in [5.41, 5.74) is 1.10. The van der Waals surface area contributed by atoms with E-state index in [1.54, 1.807) is 7.11 Å². The number of ether oxygens (including phenoxy) is 2. The van der Waals surface area contributed by atoms with E-state index in [1.807, 2.05) is 23.1 Å². The van der Waals surface area contributed by atoms with Crippen LogP contribution in [0.4, 0.5) is 0 Å². The summed E-state index contributed by atoms with van der Waals surface area (Å²) in [6, 6.07) is 7.98. The van der Waals surface area contributed by atoms with Gasteiger partial charge in [0.05, 0.1) is 13.2 Å². The van der Waals surface area contributed by atoms with Gasteiger partial charge in [0.2, 0.25) is 5.91 Å². The van der Waals surface area contributed by atoms with Gasteiger partial charge in [-0.25, -0.2) is 0 Å². The van der Waals surface area contributed by atoms with Crippen LogP contribution in [-0.4, -0.2) is 50.3 Å². The third kappa shape index (κ3) is 5.44. The first kappa shape index (κ1) is 18.2. The molecule has 0 spiro atoms. The monoisotopic (exact) mass is 346 g/mol. The summed E-state index contributed by atoms with van der Waals surface area (Å²) in [6.45, 7) is 4.27. The predicted molar refractivity (Wildman–Crippen MR) is 97.6 cm³/mol. The van der Waals surface area contributed by atoms with Gasteiger partial charge >= 0.3 is 0 Å². The van der Waals surface area contributed by atoms with Crippen LogP contribution >= 0.6 is 0 Å². The zero-order chi connectivity index (χ0) is 17.5. The fourth-order valence-electron chi connectivity index (χ4n) is 3.73. The molecule has 2 atom stereocenters. The molecule has 0 radical (unpaired) electrons. The van der Waals surface area contributed by atoms with Crippen molar-refractivity contribution >= 4 is 5.91 Å². The van der Waals surface area contributed by atoms with E-state index >= 15 is 0 Å². The highest BCUT2D eigenvalue weighted by atomic mass is 16.5. The van der Waals surface area contributed by atoms with Crippen LogP contribution in [0, 0.1) is 5.92 Å². The summed E-state index contributed by atoms with van der Waals surface area (Å²) in [7, 11) is 1.67. The molecule has 0 aromatic heterocycles. The van der Waals surface area contributed by atoms with Crippen molar-refractivity contribution in [2.45, 2.75) is 44.8 Å². The van der Waals surface area contributed by atoms with Gasteiger partial charge in [0, 0.05) is 26.1 Å². The van der Waals surface area contributed by atoms with Crippen LogP contribution in [0.5, 0.6) is 5.75 Å². The van der Waals surface area contributed by atoms with Crippen molar-refractivity contribution in [3.63, 3.8) is 0 Å². The van der Waals surface area contributed by atoms with Crippen molar-refractivity contribution in [2.75, 3.05) is 33.4 Å². The van der Waals surface area contributed by atoms with Crippen LogP contribution in [0.25, 0.3) is 0 Å². The minimum Gasteiger partial charge on any atom is -0.497 e. The highest BCUT2D eigenvalue weighted by Gasteiger charge is 2.24. The first-order valence-electron chi connectivity index (χ1n) is 9.47. The zero-order valence-corrected chi connectivity index (χ0v) is 15.2. The van der Waals surface area contributed by atoms with Crippen LogP contribution in [-0.2, 0) is 16.1 Å². The Bertz CT molecular complexity index is 552. The summed E-state index contributed by atoms with van der Waals surface area (Å²) in [6.07, 6.45) is 5.13. The number of rotatable bonds is 8. The second-order valence-corrected chi connectivity index (χ2v) is 7.16. The second-order valence-electron chi connectivity index (χ2n) is 7.16. The summed E-state index contributed by atoms with van der Waals surface area (Å²) in [4.78, 5) is 14.8. The van der Waals surface area contributed by atoms with Gasteiger partial charge < -0.3 is 19.7 Å². The molecule has 5 heteroatoms. The lowest BCUT2D eigenvalue weighted by atomic mass is 10.0. The number of nitrogens with zero attached hydrogens (tertiary/aromatic N) is 1. The highest BCUT2D eigenvalue weighted by molar-refractivity contribution is 5.76. The van der Waals surface area contributed by atoms with Crippen LogP contribution in [0.1, 0.15) is 37.7 Å². The Balaban J connectivity index is 1.61. The lowest BCUT2D eigenvalue weighted by Crippen LogP contribution is -2.37. The molecule has 2 heterocycles.